The molecule has 5 heteroatoms. The molecule has 80 valence electrons. The lowest BCUT2D eigenvalue weighted by Crippen LogP contribution is -2.25. The molecule has 1 aromatic heterocycles. The van der Waals surface area contributed by atoms with Crippen LogP contribution >= 0.6 is 11.3 Å². The Morgan fingerprint density at radius 1 is 1.31 bits per heavy atom. The summed E-state index contributed by atoms with van der Waals surface area (Å²) in [6.45, 7) is 0. The van der Waals surface area contributed by atoms with Gasteiger partial charge < -0.3 is 11.1 Å². The lowest BCUT2D eigenvalue weighted by molar-refractivity contribution is 0.814. The van der Waals surface area contributed by atoms with E-state index < -0.39 is 0 Å². The van der Waals surface area contributed by atoms with Crippen molar-refractivity contribution in [1.82, 2.24) is 4.98 Å². The summed E-state index contributed by atoms with van der Waals surface area (Å²) in [6.07, 6.45) is 1.61. The molecule has 1 unspecified atom stereocenters. The van der Waals surface area contributed by atoms with Crippen LogP contribution in [0.4, 0.5) is 5.69 Å². The first-order valence-electron chi connectivity index (χ1n) is 4.93. The van der Waals surface area contributed by atoms with Gasteiger partial charge in [0.1, 0.15) is 10.8 Å². The summed E-state index contributed by atoms with van der Waals surface area (Å²) in [5.74, 6) is 0.564. The van der Waals surface area contributed by atoms with Crippen LogP contribution in [-0.4, -0.2) is 10.8 Å². The highest BCUT2D eigenvalue weighted by molar-refractivity contribution is 7.09. The third kappa shape index (κ3) is 1.45. The van der Waals surface area contributed by atoms with Gasteiger partial charge in [0.15, 0.2) is 6.17 Å². The minimum Gasteiger partial charge on any atom is -0.383 e. The topological polar surface area (TPSA) is 63.3 Å². The van der Waals surface area contributed by atoms with Gasteiger partial charge in [-0.15, -0.1) is 11.3 Å². The van der Waals surface area contributed by atoms with E-state index in [0.29, 0.717) is 5.84 Å². The van der Waals surface area contributed by atoms with E-state index in [9.17, 15) is 0 Å². The number of aromatic nitrogens is 1. The summed E-state index contributed by atoms with van der Waals surface area (Å²) >= 11 is 1.57. The molecule has 4 nitrogen and oxygen atoms in total. The van der Waals surface area contributed by atoms with Gasteiger partial charge in [-0.25, -0.2) is 9.98 Å². The number of hydrogen-bond acceptors (Lipinski definition) is 5. The Labute approximate surface area is 96.9 Å². The van der Waals surface area contributed by atoms with Crippen molar-refractivity contribution < 1.29 is 0 Å². The van der Waals surface area contributed by atoms with Crippen molar-refractivity contribution >= 4 is 22.9 Å². The maximum Gasteiger partial charge on any atom is 0.173 e. The molecule has 1 atom stereocenters. The lowest BCUT2D eigenvalue weighted by atomic mass is 10.1. The standard InChI is InChI=1S/C11H10N4S/c12-9-7-3-1-2-4-8(7)14-10(15-9)11-13-5-6-16-11/h1-6,10,14H,(H2,12,15). The van der Waals surface area contributed by atoms with E-state index >= 15 is 0 Å². The second kappa shape index (κ2) is 3.61. The van der Waals surface area contributed by atoms with Crippen molar-refractivity contribution in [2.75, 3.05) is 5.32 Å². The number of rotatable bonds is 1. The van der Waals surface area contributed by atoms with E-state index in [1.54, 1.807) is 17.5 Å². The van der Waals surface area contributed by atoms with Gasteiger partial charge in [-0.05, 0) is 12.1 Å². The number of hydrogen-bond donors (Lipinski definition) is 2. The van der Waals surface area contributed by atoms with Gasteiger partial charge in [-0.3, -0.25) is 0 Å². The van der Waals surface area contributed by atoms with Crippen molar-refractivity contribution in [3.05, 3.63) is 46.4 Å². The molecule has 2 aromatic rings. The van der Waals surface area contributed by atoms with Crippen LogP contribution in [0.15, 0.2) is 40.8 Å². The Balaban J connectivity index is 2.03. The van der Waals surface area contributed by atoms with Crippen molar-refractivity contribution in [1.29, 1.82) is 0 Å². The first-order valence-corrected chi connectivity index (χ1v) is 5.81. The zero-order valence-corrected chi connectivity index (χ0v) is 9.24. The van der Waals surface area contributed by atoms with Crippen LogP contribution in [0, 0.1) is 0 Å². The molecule has 0 bridgehead atoms. The van der Waals surface area contributed by atoms with E-state index in [-0.39, 0.29) is 6.17 Å². The number of fused-ring (bicyclic) bond motifs is 1. The predicted octanol–water partition coefficient (Wildman–Crippen LogP) is 1.97. The molecule has 0 spiro atoms. The predicted molar refractivity (Wildman–Crippen MR) is 65.6 cm³/mol. The van der Waals surface area contributed by atoms with E-state index in [4.69, 9.17) is 5.73 Å². The molecule has 3 rings (SSSR count). The number of amidine groups is 1. The molecule has 16 heavy (non-hydrogen) atoms. The van der Waals surface area contributed by atoms with Crippen LogP contribution in [0.3, 0.4) is 0 Å². The molecule has 0 aliphatic carbocycles. The summed E-state index contributed by atoms with van der Waals surface area (Å²) in [5, 5.41) is 6.17. The molecule has 3 N–H and O–H groups in total. The normalized spacial score (nSPS) is 18.5. The fourth-order valence-corrected chi connectivity index (χ4v) is 2.33. The highest BCUT2D eigenvalue weighted by Gasteiger charge is 2.20. The van der Waals surface area contributed by atoms with Crippen LogP contribution in [0.25, 0.3) is 0 Å². The largest absolute Gasteiger partial charge is 0.383 e. The van der Waals surface area contributed by atoms with Crippen molar-refractivity contribution in [2.45, 2.75) is 6.17 Å². The maximum atomic E-state index is 5.93. The van der Waals surface area contributed by atoms with Gasteiger partial charge >= 0.3 is 0 Å². The Bertz CT molecular complexity index is 533. The summed E-state index contributed by atoms with van der Waals surface area (Å²) in [7, 11) is 0. The van der Waals surface area contributed by atoms with Gasteiger partial charge in [0, 0.05) is 22.8 Å². The fourth-order valence-electron chi connectivity index (χ4n) is 1.71. The summed E-state index contributed by atoms with van der Waals surface area (Å²) < 4.78 is 0. The van der Waals surface area contributed by atoms with E-state index in [1.807, 2.05) is 29.6 Å². The SMILES string of the molecule is NC1=NC(c2nccs2)Nc2ccccc21. The quantitative estimate of drug-likeness (QED) is 0.787. The number of aliphatic imine (C=N–C) groups is 1. The van der Waals surface area contributed by atoms with E-state index in [1.165, 1.54) is 0 Å². The van der Waals surface area contributed by atoms with Crippen molar-refractivity contribution in [3.63, 3.8) is 0 Å². The number of nitrogens with zero attached hydrogens (tertiary/aromatic N) is 2. The van der Waals surface area contributed by atoms with E-state index in [2.05, 4.69) is 15.3 Å². The molecule has 0 saturated carbocycles. The molecule has 1 aliphatic rings. The second-order valence-electron chi connectivity index (χ2n) is 3.48. The first kappa shape index (κ1) is 9.35. The number of para-hydroxylation sites is 1. The third-order valence-corrected chi connectivity index (χ3v) is 3.28. The van der Waals surface area contributed by atoms with Gasteiger partial charge in [0.25, 0.3) is 0 Å². The Hall–Kier alpha value is -1.88. The van der Waals surface area contributed by atoms with Crippen LogP contribution < -0.4 is 11.1 Å². The highest BCUT2D eigenvalue weighted by Crippen LogP contribution is 2.29. The Morgan fingerprint density at radius 3 is 3.00 bits per heavy atom. The number of anilines is 1. The maximum absolute atomic E-state index is 5.93. The number of nitrogens with two attached hydrogens (primary N) is 1. The third-order valence-electron chi connectivity index (χ3n) is 2.45. The van der Waals surface area contributed by atoms with Gasteiger partial charge in [0.2, 0.25) is 0 Å². The van der Waals surface area contributed by atoms with Crippen molar-refractivity contribution in [2.24, 2.45) is 10.7 Å². The Kier molecular flexibility index (Phi) is 2.11. The van der Waals surface area contributed by atoms with Gasteiger partial charge in [-0.1, -0.05) is 12.1 Å². The van der Waals surface area contributed by atoms with Crippen molar-refractivity contribution in [3.8, 4) is 0 Å². The summed E-state index contributed by atoms with van der Waals surface area (Å²) in [6, 6.07) is 7.88. The number of nitrogens with one attached hydrogen (secondary N) is 1. The van der Waals surface area contributed by atoms with Gasteiger partial charge in [0.05, 0.1) is 0 Å². The zero-order chi connectivity index (χ0) is 11.0. The smallest absolute Gasteiger partial charge is 0.173 e. The zero-order valence-electron chi connectivity index (χ0n) is 8.42. The van der Waals surface area contributed by atoms with Crippen LogP contribution in [0.2, 0.25) is 0 Å². The molecule has 0 radical (unpaired) electrons. The molecular weight excluding hydrogens is 220 g/mol. The van der Waals surface area contributed by atoms with Crippen LogP contribution in [0.5, 0.6) is 0 Å². The fraction of sp³-hybridized carbons (Fsp3) is 0.0909. The number of benzene rings is 1. The monoisotopic (exact) mass is 230 g/mol. The van der Waals surface area contributed by atoms with Crippen LogP contribution in [-0.2, 0) is 0 Å². The second-order valence-corrected chi connectivity index (χ2v) is 4.40. The number of thiazole rings is 1. The summed E-state index contributed by atoms with van der Waals surface area (Å²) in [4.78, 5) is 8.64. The van der Waals surface area contributed by atoms with E-state index in [0.717, 1.165) is 16.3 Å². The Morgan fingerprint density at radius 2 is 2.19 bits per heavy atom. The minimum atomic E-state index is -0.158. The lowest BCUT2D eigenvalue weighted by Gasteiger charge is -2.22. The average molecular weight is 230 g/mol. The molecule has 0 saturated heterocycles. The molecule has 0 fully saturated rings. The molecular formula is C11H10N4S. The first-order chi connectivity index (χ1) is 7.84. The summed E-state index contributed by atoms with van der Waals surface area (Å²) in [5.41, 5.74) is 7.89. The highest BCUT2D eigenvalue weighted by atomic mass is 32.1. The van der Waals surface area contributed by atoms with Gasteiger partial charge in [-0.2, -0.15) is 0 Å². The molecule has 1 aromatic carbocycles. The molecule has 0 amide bonds. The minimum absolute atomic E-state index is 0.158. The van der Waals surface area contributed by atoms with Crippen LogP contribution in [0.1, 0.15) is 16.7 Å². The molecule has 2 heterocycles. The average Bonchev–Trinajstić information content (AvgIpc) is 2.82. The molecule has 1 aliphatic heterocycles.